The van der Waals surface area contributed by atoms with E-state index in [0.717, 1.165) is 26.2 Å². The zero-order valence-corrected chi connectivity index (χ0v) is 13.1. The molecule has 3 nitrogen and oxygen atoms in total. The summed E-state index contributed by atoms with van der Waals surface area (Å²) in [6.45, 7) is 5.88. The first kappa shape index (κ1) is 15.0. The largest absolute Gasteiger partial charge is 0.376 e. The van der Waals surface area contributed by atoms with Crippen LogP contribution in [0.15, 0.2) is 30.3 Å². The minimum Gasteiger partial charge on any atom is -0.376 e. The Bertz CT molecular complexity index is 440. The summed E-state index contributed by atoms with van der Waals surface area (Å²) in [5, 5.41) is 0. The molecular weight excluding hydrogens is 260 g/mol. The van der Waals surface area contributed by atoms with Crippen LogP contribution in [0.2, 0.25) is 0 Å². The van der Waals surface area contributed by atoms with Crippen molar-refractivity contribution in [1.29, 1.82) is 0 Å². The van der Waals surface area contributed by atoms with Crippen molar-refractivity contribution in [2.75, 3.05) is 26.2 Å². The summed E-state index contributed by atoms with van der Waals surface area (Å²) in [5.41, 5.74) is 7.93. The molecule has 3 rings (SSSR count). The van der Waals surface area contributed by atoms with E-state index in [2.05, 4.69) is 42.2 Å². The number of morpholine rings is 1. The Hall–Kier alpha value is -0.900. The quantitative estimate of drug-likeness (QED) is 0.929. The van der Waals surface area contributed by atoms with Gasteiger partial charge in [-0.15, -0.1) is 0 Å². The lowest BCUT2D eigenvalue weighted by Crippen LogP contribution is -2.60. The summed E-state index contributed by atoms with van der Waals surface area (Å²) in [4.78, 5) is 2.61. The van der Waals surface area contributed by atoms with E-state index in [1.54, 1.807) is 0 Å². The van der Waals surface area contributed by atoms with Crippen LogP contribution in [0.5, 0.6) is 0 Å². The second-order valence-corrected chi connectivity index (χ2v) is 6.74. The van der Waals surface area contributed by atoms with Crippen LogP contribution in [0.3, 0.4) is 0 Å². The molecule has 1 atom stereocenters. The molecule has 0 spiro atoms. The molecule has 2 fully saturated rings. The van der Waals surface area contributed by atoms with Crippen LogP contribution >= 0.6 is 0 Å². The van der Waals surface area contributed by atoms with Crippen molar-refractivity contribution in [3.05, 3.63) is 35.9 Å². The minimum atomic E-state index is 0.212. The Morgan fingerprint density at radius 1 is 1.24 bits per heavy atom. The Kier molecular flexibility index (Phi) is 4.63. The molecule has 1 heterocycles. The summed E-state index contributed by atoms with van der Waals surface area (Å²) in [6, 6.07) is 11.0. The summed E-state index contributed by atoms with van der Waals surface area (Å²) < 4.78 is 5.70. The van der Waals surface area contributed by atoms with E-state index in [0.29, 0.717) is 12.0 Å². The van der Waals surface area contributed by atoms with Gasteiger partial charge in [0.15, 0.2) is 0 Å². The van der Waals surface area contributed by atoms with Gasteiger partial charge < -0.3 is 10.5 Å². The van der Waals surface area contributed by atoms with Gasteiger partial charge in [0.25, 0.3) is 0 Å². The molecule has 1 aliphatic carbocycles. The molecule has 0 bridgehead atoms. The Morgan fingerprint density at radius 2 is 1.95 bits per heavy atom. The molecule has 21 heavy (non-hydrogen) atoms. The van der Waals surface area contributed by atoms with Crippen LogP contribution in [0.4, 0.5) is 0 Å². The lowest BCUT2D eigenvalue weighted by atomic mass is 9.73. The van der Waals surface area contributed by atoms with Crippen LogP contribution in [0.25, 0.3) is 0 Å². The first-order valence-corrected chi connectivity index (χ1v) is 8.35. The number of nitrogens with zero attached hydrogens (tertiary/aromatic N) is 1. The molecule has 2 N–H and O–H groups in total. The molecule has 1 aromatic carbocycles. The fourth-order valence-corrected chi connectivity index (χ4v) is 4.11. The molecule has 0 amide bonds. The van der Waals surface area contributed by atoms with Crippen LogP contribution < -0.4 is 5.73 Å². The van der Waals surface area contributed by atoms with E-state index in [1.807, 2.05) is 0 Å². The van der Waals surface area contributed by atoms with E-state index in [-0.39, 0.29) is 5.54 Å². The van der Waals surface area contributed by atoms with E-state index in [4.69, 9.17) is 10.5 Å². The van der Waals surface area contributed by atoms with E-state index in [9.17, 15) is 0 Å². The smallest absolute Gasteiger partial charge is 0.0674 e. The molecule has 1 saturated heterocycles. The summed E-state index contributed by atoms with van der Waals surface area (Å²) in [6.07, 6.45) is 5.29. The topological polar surface area (TPSA) is 38.5 Å². The maximum Gasteiger partial charge on any atom is 0.0674 e. The zero-order valence-electron chi connectivity index (χ0n) is 13.1. The fraction of sp³-hybridized carbons (Fsp3) is 0.667. The second-order valence-electron chi connectivity index (χ2n) is 6.74. The fourth-order valence-electron chi connectivity index (χ4n) is 4.11. The number of hydrogen-bond donors (Lipinski definition) is 1. The van der Waals surface area contributed by atoms with Crippen molar-refractivity contribution < 1.29 is 4.74 Å². The third-order valence-electron chi connectivity index (χ3n) is 5.48. The molecule has 0 aromatic heterocycles. The SMILES string of the molecule is CC1CN(C2(CN)CCC(c3ccccc3)CC2)CCO1. The summed E-state index contributed by atoms with van der Waals surface area (Å²) in [7, 11) is 0. The van der Waals surface area contributed by atoms with Gasteiger partial charge in [0, 0.05) is 25.2 Å². The number of rotatable bonds is 3. The summed E-state index contributed by atoms with van der Waals surface area (Å²) >= 11 is 0. The molecular formula is C18H28N2O. The third kappa shape index (κ3) is 3.15. The highest BCUT2D eigenvalue weighted by atomic mass is 16.5. The molecule has 2 aliphatic rings. The number of nitrogens with two attached hydrogens (primary N) is 1. The van der Waals surface area contributed by atoms with Crippen molar-refractivity contribution in [3.63, 3.8) is 0 Å². The van der Waals surface area contributed by atoms with Crippen molar-refractivity contribution in [1.82, 2.24) is 4.90 Å². The molecule has 116 valence electrons. The molecule has 1 saturated carbocycles. The number of ether oxygens (including phenoxy) is 1. The normalized spacial score (nSPS) is 34.8. The van der Waals surface area contributed by atoms with Gasteiger partial charge in [-0.25, -0.2) is 0 Å². The predicted octanol–water partition coefficient (Wildman–Crippen LogP) is 2.76. The van der Waals surface area contributed by atoms with Gasteiger partial charge in [-0.1, -0.05) is 30.3 Å². The van der Waals surface area contributed by atoms with Crippen molar-refractivity contribution in [3.8, 4) is 0 Å². The first-order chi connectivity index (χ1) is 10.2. The monoisotopic (exact) mass is 288 g/mol. The van der Waals surface area contributed by atoms with Crippen molar-refractivity contribution >= 4 is 0 Å². The van der Waals surface area contributed by atoms with Crippen LogP contribution in [-0.2, 0) is 4.74 Å². The molecule has 1 aliphatic heterocycles. The van der Waals surface area contributed by atoms with Gasteiger partial charge in [-0.2, -0.15) is 0 Å². The van der Waals surface area contributed by atoms with Crippen molar-refractivity contribution in [2.24, 2.45) is 5.73 Å². The van der Waals surface area contributed by atoms with E-state index in [1.165, 1.54) is 31.2 Å². The van der Waals surface area contributed by atoms with Crippen LogP contribution in [0, 0.1) is 0 Å². The van der Waals surface area contributed by atoms with Crippen molar-refractivity contribution in [2.45, 2.75) is 50.2 Å². The first-order valence-electron chi connectivity index (χ1n) is 8.35. The van der Waals surface area contributed by atoms with Gasteiger partial charge in [0.1, 0.15) is 0 Å². The summed E-state index contributed by atoms with van der Waals surface area (Å²) in [5.74, 6) is 0.712. The minimum absolute atomic E-state index is 0.212. The lowest BCUT2D eigenvalue weighted by molar-refractivity contribution is -0.0715. The second kappa shape index (κ2) is 6.47. The maximum absolute atomic E-state index is 6.22. The van der Waals surface area contributed by atoms with Gasteiger partial charge in [0.05, 0.1) is 12.7 Å². The Morgan fingerprint density at radius 3 is 2.57 bits per heavy atom. The van der Waals surface area contributed by atoms with Crippen LogP contribution in [-0.4, -0.2) is 42.8 Å². The Balaban J connectivity index is 1.67. The highest BCUT2D eigenvalue weighted by Gasteiger charge is 2.40. The lowest BCUT2D eigenvalue weighted by Gasteiger charge is -2.50. The molecule has 1 unspecified atom stereocenters. The average Bonchev–Trinajstić information content (AvgIpc) is 2.56. The average molecular weight is 288 g/mol. The molecule has 0 radical (unpaired) electrons. The van der Waals surface area contributed by atoms with Gasteiger partial charge in [0.2, 0.25) is 0 Å². The number of hydrogen-bond acceptors (Lipinski definition) is 3. The van der Waals surface area contributed by atoms with E-state index >= 15 is 0 Å². The third-order valence-corrected chi connectivity index (χ3v) is 5.48. The number of benzene rings is 1. The molecule has 3 heteroatoms. The zero-order chi connectivity index (χ0) is 14.7. The highest BCUT2D eigenvalue weighted by molar-refractivity contribution is 5.20. The molecule has 1 aromatic rings. The van der Waals surface area contributed by atoms with Crippen LogP contribution in [0.1, 0.15) is 44.1 Å². The predicted molar refractivity (Wildman–Crippen MR) is 86.4 cm³/mol. The van der Waals surface area contributed by atoms with Gasteiger partial charge >= 0.3 is 0 Å². The van der Waals surface area contributed by atoms with E-state index < -0.39 is 0 Å². The van der Waals surface area contributed by atoms with Gasteiger partial charge in [-0.3, -0.25) is 4.90 Å². The standard InChI is InChI=1S/C18H28N2O/c1-15-13-20(11-12-21-15)18(14-19)9-7-17(8-10-18)16-5-3-2-4-6-16/h2-6,15,17H,7-14,19H2,1H3. The maximum atomic E-state index is 6.22. The highest BCUT2D eigenvalue weighted by Crippen LogP contribution is 2.41. The Labute approximate surface area is 128 Å². The van der Waals surface area contributed by atoms with Gasteiger partial charge in [-0.05, 0) is 44.1 Å².